The smallest absolute Gasteiger partial charge is 0.311 e. The van der Waals surface area contributed by atoms with Crippen LogP contribution < -0.4 is 5.73 Å². The molecule has 17 N–H and O–H groups in total. The first-order valence-electron chi connectivity index (χ1n) is 32.9. The Morgan fingerprint density at radius 3 is 1.99 bits per heavy atom. The highest BCUT2D eigenvalue weighted by Gasteiger charge is 2.75. The Morgan fingerprint density at radius 2 is 1.33 bits per heavy atom. The molecule has 3 aliphatic heterocycles. The number of aliphatic hydroxyl groups is 14. The van der Waals surface area contributed by atoms with Crippen LogP contribution in [0.2, 0.25) is 0 Å². The molecule has 12 unspecified atom stereocenters. The molecule has 0 spiro atoms. The van der Waals surface area contributed by atoms with Crippen LogP contribution >= 0.6 is 0 Å². The quantitative estimate of drug-likeness (QED) is 0.176. The number of ether oxygens (including phenoxy) is 4. The number of carboxylic acid groups (broad SMARTS) is 1. The molecule has 0 aromatic heterocycles. The minimum absolute atomic E-state index is 0.00672. The molecule has 0 aromatic rings. The van der Waals surface area contributed by atoms with Gasteiger partial charge in [-0.05, 0) is 109 Å². The summed E-state index contributed by atoms with van der Waals surface area (Å²) in [6, 6.07) is -1.14. The maximum absolute atomic E-state index is 16.9. The van der Waals surface area contributed by atoms with Gasteiger partial charge in [0.2, 0.25) is 0 Å². The molecule has 526 valence electrons. The third-order valence-corrected chi connectivity index (χ3v) is 21.2. The van der Waals surface area contributed by atoms with Gasteiger partial charge in [0.1, 0.15) is 29.8 Å². The van der Waals surface area contributed by atoms with Crippen molar-refractivity contribution in [1.82, 2.24) is 0 Å². The zero-order valence-corrected chi connectivity index (χ0v) is 54.6. The van der Waals surface area contributed by atoms with Gasteiger partial charge in [0.15, 0.2) is 23.5 Å². The monoisotopic (exact) mass is 1320 g/mol. The van der Waals surface area contributed by atoms with Crippen molar-refractivity contribution < 1.29 is 114 Å². The second-order valence-corrected chi connectivity index (χ2v) is 27.8. The van der Waals surface area contributed by atoms with Gasteiger partial charge in [-0.25, -0.2) is 4.39 Å². The van der Waals surface area contributed by atoms with Crippen LogP contribution in [-0.2, 0) is 33.3 Å². The number of allylic oxidation sites excluding steroid dienone is 14. The summed E-state index contributed by atoms with van der Waals surface area (Å²) in [7, 11) is 0. The van der Waals surface area contributed by atoms with E-state index in [1.165, 1.54) is 25.2 Å². The van der Waals surface area contributed by atoms with E-state index in [1.807, 2.05) is 63.3 Å². The van der Waals surface area contributed by atoms with Gasteiger partial charge in [0.25, 0.3) is 0 Å². The summed E-state index contributed by atoms with van der Waals surface area (Å²) in [5.41, 5.74) is 1.22. The summed E-state index contributed by atoms with van der Waals surface area (Å²) >= 11 is 0. The Bertz CT molecular complexity index is 2720. The fourth-order valence-corrected chi connectivity index (χ4v) is 15.5. The van der Waals surface area contributed by atoms with E-state index in [0.717, 1.165) is 18.4 Å². The molecule has 0 aromatic carbocycles. The number of halogens is 1. The number of ketones is 1. The number of rotatable bonds is 5. The highest BCUT2D eigenvalue weighted by molar-refractivity contribution is 6.01. The number of fused-ring (bicyclic) bond motifs is 7. The maximum Gasteiger partial charge on any atom is 0.311 e. The molecule has 23 nitrogen and oxygen atoms in total. The minimum atomic E-state index is -2.35. The number of esters is 1. The van der Waals surface area contributed by atoms with Crippen molar-refractivity contribution >= 4 is 17.7 Å². The molecule has 3 saturated carbocycles. The number of alkyl halides is 1. The van der Waals surface area contributed by atoms with E-state index in [0.29, 0.717) is 19.3 Å². The number of carbonyl (C=O) groups excluding carboxylic acids is 2. The molecule has 2 bridgehead atoms. The summed E-state index contributed by atoms with van der Waals surface area (Å²) < 4.78 is 40.0. The van der Waals surface area contributed by atoms with Gasteiger partial charge in [-0.15, -0.1) is 0 Å². The molecule has 5 fully saturated rings. The Kier molecular flexibility index (Phi) is 27.9. The summed E-state index contributed by atoms with van der Waals surface area (Å²) in [4.78, 5) is 36.9. The molecule has 28 atom stereocenters. The molecule has 7 aliphatic rings. The van der Waals surface area contributed by atoms with Gasteiger partial charge >= 0.3 is 11.9 Å². The van der Waals surface area contributed by atoms with Crippen LogP contribution in [0.1, 0.15) is 138 Å². The lowest BCUT2D eigenvalue weighted by Crippen LogP contribution is -2.70. The number of aliphatic hydroxyl groups excluding tert-OH is 12. The molecular weight excluding hydrogens is 1210 g/mol. The molecule has 7 rings (SSSR count). The largest absolute Gasteiger partial charge is 0.481 e. The molecule has 24 heteroatoms. The Labute approximate surface area is 544 Å². The van der Waals surface area contributed by atoms with E-state index in [1.54, 1.807) is 51.2 Å². The Balaban J connectivity index is 0.000000402. The summed E-state index contributed by atoms with van der Waals surface area (Å²) in [5.74, 6) is -8.07. The third-order valence-electron chi connectivity index (χ3n) is 21.2. The summed E-state index contributed by atoms with van der Waals surface area (Å²) in [6.07, 6.45) is 5.64. The second kappa shape index (κ2) is 33.3. The molecule has 3 heterocycles. The Hall–Kier alpha value is -4.26. The molecule has 93 heavy (non-hydrogen) atoms. The number of hydrogen-bond donors (Lipinski definition) is 16. The molecule has 4 aliphatic carbocycles. The van der Waals surface area contributed by atoms with Crippen molar-refractivity contribution in [2.75, 3.05) is 6.61 Å². The zero-order valence-electron chi connectivity index (χ0n) is 54.6. The third kappa shape index (κ3) is 18.1. The fraction of sp³-hybridized carbons (Fsp3) is 0.725. The number of aliphatic carboxylic acids is 1. The number of carbonyl (C=O) groups is 3. The molecule has 0 radical (unpaired) electrons. The van der Waals surface area contributed by atoms with Crippen molar-refractivity contribution in [3.05, 3.63) is 96.7 Å². The zero-order chi connectivity index (χ0) is 69.1. The second-order valence-electron chi connectivity index (χ2n) is 27.8. The van der Waals surface area contributed by atoms with Crippen LogP contribution in [-0.4, -0.2) is 222 Å². The van der Waals surface area contributed by atoms with Gasteiger partial charge in [-0.1, -0.05) is 112 Å². The van der Waals surface area contributed by atoms with Gasteiger partial charge in [0, 0.05) is 47.8 Å². The average molecular weight is 1320 g/mol. The van der Waals surface area contributed by atoms with Crippen molar-refractivity contribution in [3.63, 3.8) is 0 Å². The first-order chi connectivity index (χ1) is 43.6. The SMILES string of the molecule is C[C@@H]1[C@H](O)[C@@H](C)/C=C\C=C\CC/C=C/C=C/C=C/C=C/C(O[C@@H]2O[C@H](C)[C@@H](O)[C@H](N)[C@@H]2O)CC2O[C@](O)(CC(O)C(O)CCC(O)CC(O)CC(O)CC(=O)O[C@H]1C)CC(O)C2C(=O)O.C[C@H]1CC2C3CCC4=CC(=O)C=C[C@]4(C)[C@@]3(F)[C@@H](O)C[C@]2(C)[C@@]1(O)C(O)CO. The van der Waals surface area contributed by atoms with Crippen molar-refractivity contribution in [3.8, 4) is 0 Å². The molecule has 2 saturated heterocycles. The van der Waals surface area contributed by atoms with Crippen LogP contribution in [0, 0.1) is 46.3 Å². The first-order valence-corrected chi connectivity index (χ1v) is 32.9. The average Bonchev–Trinajstić information content (AvgIpc) is 1.63. The minimum Gasteiger partial charge on any atom is -0.481 e. The van der Waals surface area contributed by atoms with Crippen LogP contribution in [0.25, 0.3) is 0 Å². The van der Waals surface area contributed by atoms with Crippen LogP contribution in [0.3, 0.4) is 0 Å². The van der Waals surface area contributed by atoms with Gasteiger partial charge in [-0.3, -0.25) is 14.4 Å². The summed E-state index contributed by atoms with van der Waals surface area (Å²) in [6.45, 7) is 11.6. The van der Waals surface area contributed by atoms with E-state index in [-0.39, 0.29) is 62.1 Å². The molecular formula is C69H106FNO22. The number of carboxylic acids is 1. The lowest BCUT2D eigenvalue weighted by atomic mass is 9.44. The van der Waals surface area contributed by atoms with Gasteiger partial charge in [0.05, 0.1) is 92.3 Å². The first kappa shape index (κ1) is 77.7. The van der Waals surface area contributed by atoms with Gasteiger partial charge < -0.3 is 101 Å². The number of hydrogen-bond acceptors (Lipinski definition) is 22. The predicted octanol–water partition coefficient (Wildman–Crippen LogP) is 2.62. The van der Waals surface area contributed by atoms with Crippen LogP contribution in [0.5, 0.6) is 0 Å². The topological polar surface area (TPSA) is 418 Å². The lowest BCUT2D eigenvalue weighted by molar-refractivity contribution is -0.310. The standard InChI is InChI=1S/C47H75NO17.C22H31FO5/c1-27-17-15-13-11-9-7-5-6-8-10-12-14-16-18-34(64-46-44(58)41(48)43(57)30(4)63-46)24-38-40(45(59)60)37(54)26-47(61,65-38)25-36(53)35(52)20-19-31(49)21-32(50)22-33(51)23-39(55)62-29(3)28(2)42(27)56;1-12-8-16-15-5-4-13-9-14(25)6-7-19(13,2)21(15,23)17(26)10-20(16,3)22(12,28)18(27)11-24/h5-6,8,10-18,27-38,40-44,46,49-54,56-58,61H,7,9,19-26,48H2,1-4H3,(H,59,60);6-7,9,12,15-18,24,26-28H,4-5,8,10-11H2,1-3H3/b6-5+,10-8+,13-11+,14-12+,17-15-,18-16+;/t27-,28-,29-,30+,31?,32?,33?,34?,35?,36?,37?,38?,40?,41-,42+,43+,44-,46-,47+;12-,15?,16?,17-,18?,19-,20-,21-,22-/m00/s1. The highest BCUT2D eigenvalue weighted by Crippen LogP contribution is 2.71. The normalized spacial score (nSPS) is 47.8. The van der Waals surface area contributed by atoms with E-state index in [2.05, 4.69) is 0 Å². The van der Waals surface area contributed by atoms with Crippen LogP contribution in [0.15, 0.2) is 96.7 Å². The lowest BCUT2D eigenvalue weighted by Gasteiger charge is -2.63. The summed E-state index contributed by atoms with van der Waals surface area (Å²) in [5, 5.41) is 161. The molecule has 0 amide bonds. The van der Waals surface area contributed by atoms with Crippen molar-refractivity contribution in [1.29, 1.82) is 0 Å². The highest BCUT2D eigenvalue weighted by atomic mass is 19.1. The number of nitrogens with two attached hydrogens (primary N) is 1. The van der Waals surface area contributed by atoms with E-state index < -0.39 is 187 Å². The van der Waals surface area contributed by atoms with Crippen molar-refractivity contribution in [2.24, 2.45) is 52.1 Å². The predicted molar refractivity (Wildman–Crippen MR) is 338 cm³/mol. The van der Waals surface area contributed by atoms with Gasteiger partial charge in [-0.2, -0.15) is 0 Å². The fourth-order valence-electron chi connectivity index (χ4n) is 15.5. The van der Waals surface area contributed by atoms with Crippen LogP contribution in [0.4, 0.5) is 4.39 Å². The van der Waals surface area contributed by atoms with Crippen molar-refractivity contribution in [2.45, 2.75) is 259 Å². The van der Waals surface area contributed by atoms with E-state index in [4.69, 9.17) is 24.7 Å². The maximum atomic E-state index is 16.9. The van der Waals surface area contributed by atoms with E-state index in [9.17, 15) is 91.0 Å². The number of cyclic esters (lactones) is 1. The Morgan fingerprint density at radius 1 is 0.720 bits per heavy atom. The van der Waals surface area contributed by atoms with E-state index >= 15 is 4.39 Å².